The first-order chi connectivity index (χ1) is 9.88. The van der Waals surface area contributed by atoms with Crippen LogP contribution in [0.25, 0.3) is 10.8 Å². The fourth-order valence-electron chi connectivity index (χ4n) is 3.57. The summed E-state index contributed by atoms with van der Waals surface area (Å²) in [6.45, 7) is 0. The van der Waals surface area contributed by atoms with E-state index in [1.54, 1.807) is 0 Å². The van der Waals surface area contributed by atoms with Gasteiger partial charge in [0.2, 0.25) is 0 Å². The van der Waals surface area contributed by atoms with Crippen molar-refractivity contribution in [2.24, 2.45) is 5.92 Å². The highest BCUT2D eigenvalue weighted by Gasteiger charge is 2.18. The smallest absolute Gasteiger partial charge is 0.0346 e. The zero-order chi connectivity index (χ0) is 13.8. The van der Waals surface area contributed by atoms with Gasteiger partial charge in [0.1, 0.15) is 0 Å². The molecule has 1 N–H and O–H groups in total. The van der Waals surface area contributed by atoms with Crippen LogP contribution in [0.4, 0.5) is 0 Å². The predicted molar refractivity (Wildman–Crippen MR) is 84.7 cm³/mol. The molecule has 1 aromatic heterocycles. The normalized spacial score (nSPS) is 17.6. The summed E-state index contributed by atoms with van der Waals surface area (Å²) in [7, 11) is 2.07. The molecule has 3 rings (SSSR count). The molecular formula is C18H24N2. The second-order valence-corrected chi connectivity index (χ2v) is 6.02. The molecule has 0 radical (unpaired) electrons. The van der Waals surface area contributed by atoms with Gasteiger partial charge in [-0.2, -0.15) is 0 Å². The lowest BCUT2D eigenvalue weighted by molar-refractivity contribution is 0.428. The summed E-state index contributed by atoms with van der Waals surface area (Å²) in [4.78, 5) is 4.42. The third-order valence-corrected chi connectivity index (χ3v) is 4.76. The molecule has 0 amide bonds. The van der Waals surface area contributed by atoms with Crippen molar-refractivity contribution < 1.29 is 0 Å². The van der Waals surface area contributed by atoms with Crippen molar-refractivity contribution in [3.8, 4) is 0 Å². The lowest BCUT2D eigenvalue weighted by Crippen LogP contribution is -2.18. The summed E-state index contributed by atoms with van der Waals surface area (Å²) >= 11 is 0. The second-order valence-electron chi connectivity index (χ2n) is 6.02. The van der Waals surface area contributed by atoms with Gasteiger partial charge in [-0.15, -0.1) is 0 Å². The third-order valence-electron chi connectivity index (χ3n) is 4.76. The van der Waals surface area contributed by atoms with E-state index in [9.17, 15) is 0 Å². The Bertz CT molecular complexity index is 553. The zero-order valence-corrected chi connectivity index (χ0v) is 12.3. The second kappa shape index (κ2) is 6.36. The molecule has 0 spiro atoms. The van der Waals surface area contributed by atoms with Crippen LogP contribution in [0, 0.1) is 5.92 Å². The summed E-state index contributed by atoms with van der Waals surface area (Å²) in [6.07, 6.45) is 12.3. The molecule has 2 nitrogen and oxygen atoms in total. The number of pyridine rings is 1. The van der Waals surface area contributed by atoms with Crippen molar-refractivity contribution >= 4 is 10.8 Å². The monoisotopic (exact) mass is 268 g/mol. The van der Waals surface area contributed by atoms with Crippen LogP contribution < -0.4 is 5.32 Å². The lowest BCUT2D eigenvalue weighted by atomic mass is 9.93. The average Bonchev–Trinajstić information content (AvgIpc) is 3.01. The minimum Gasteiger partial charge on any atom is -0.313 e. The molecule has 2 aromatic rings. The Hall–Kier alpha value is -1.41. The highest BCUT2D eigenvalue weighted by atomic mass is 14.9. The Morgan fingerprint density at radius 1 is 1.20 bits per heavy atom. The molecule has 0 saturated heterocycles. The van der Waals surface area contributed by atoms with Gasteiger partial charge in [-0.1, -0.05) is 49.9 Å². The molecule has 1 atom stereocenters. The number of aromatic nitrogens is 1. The van der Waals surface area contributed by atoms with Gasteiger partial charge in [0.15, 0.2) is 0 Å². The molecule has 1 fully saturated rings. The first-order valence-corrected chi connectivity index (χ1v) is 7.88. The van der Waals surface area contributed by atoms with Crippen LogP contribution in [0.3, 0.4) is 0 Å². The molecule has 2 heteroatoms. The molecule has 1 aromatic carbocycles. The summed E-state index contributed by atoms with van der Waals surface area (Å²) in [5.74, 6) is 0.953. The van der Waals surface area contributed by atoms with Crippen molar-refractivity contribution in [3.63, 3.8) is 0 Å². The van der Waals surface area contributed by atoms with E-state index in [-0.39, 0.29) is 0 Å². The highest BCUT2D eigenvalue weighted by molar-refractivity contribution is 5.85. The number of nitrogens with one attached hydrogen (secondary N) is 1. The molecule has 1 aliphatic carbocycles. The standard InChI is InChI=1S/C18H24N2/c1-19-18(11-10-14-6-2-3-7-14)17-13-20-12-15-8-4-5-9-16(15)17/h4-5,8-9,12-14,18-19H,2-3,6-7,10-11H2,1H3. The van der Waals surface area contributed by atoms with Crippen LogP contribution in [0.5, 0.6) is 0 Å². The molecule has 0 bridgehead atoms. The molecule has 20 heavy (non-hydrogen) atoms. The van der Waals surface area contributed by atoms with Crippen molar-refractivity contribution in [2.75, 3.05) is 7.05 Å². The van der Waals surface area contributed by atoms with Gasteiger partial charge < -0.3 is 5.32 Å². The van der Waals surface area contributed by atoms with Gasteiger partial charge in [0, 0.05) is 23.8 Å². The Balaban J connectivity index is 1.79. The average molecular weight is 268 g/mol. The van der Waals surface area contributed by atoms with Gasteiger partial charge in [0.05, 0.1) is 0 Å². The molecule has 1 heterocycles. The number of benzene rings is 1. The first-order valence-electron chi connectivity index (χ1n) is 7.88. The lowest BCUT2D eigenvalue weighted by Gasteiger charge is -2.20. The molecule has 106 valence electrons. The molecule has 1 saturated carbocycles. The predicted octanol–water partition coefficient (Wildman–Crippen LogP) is 4.47. The Kier molecular flexibility index (Phi) is 4.31. The van der Waals surface area contributed by atoms with Gasteiger partial charge in [-0.3, -0.25) is 4.98 Å². The number of rotatable bonds is 5. The van der Waals surface area contributed by atoms with Gasteiger partial charge in [0.25, 0.3) is 0 Å². The van der Waals surface area contributed by atoms with E-state index in [0.717, 1.165) is 5.92 Å². The van der Waals surface area contributed by atoms with Crippen molar-refractivity contribution in [1.82, 2.24) is 10.3 Å². The van der Waals surface area contributed by atoms with Crippen molar-refractivity contribution in [1.29, 1.82) is 0 Å². The molecule has 0 aliphatic heterocycles. The molecule has 1 aliphatic rings. The summed E-state index contributed by atoms with van der Waals surface area (Å²) < 4.78 is 0. The van der Waals surface area contributed by atoms with Crippen molar-refractivity contribution in [3.05, 3.63) is 42.2 Å². The van der Waals surface area contributed by atoms with Crippen LogP contribution in [-0.2, 0) is 0 Å². The van der Waals surface area contributed by atoms with E-state index in [4.69, 9.17) is 0 Å². The molecular weight excluding hydrogens is 244 g/mol. The van der Waals surface area contributed by atoms with Crippen LogP contribution in [-0.4, -0.2) is 12.0 Å². The largest absolute Gasteiger partial charge is 0.313 e. The van der Waals surface area contributed by atoms with Gasteiger partial charge >= 0.3 is 0 Å². The maximum atomic E-state index is 4.42. The third kappa shape index (κ3) is 2.85. The van der Waals surface area contributed by atoms with E-state index in [2.05, 4.69) is 41.6 Å². The fraction of sp³-hybridized carbons (Fsp3) is 0.500. The Morgan fingerprint density at radius 2 is 2.00 bits per heavy atom. The summed E-state index contributed by atoms with van der Waals surface area (Å²) in [5, 5.41) is 6.08. The minimum absolute atomic E-state index is 0.425. The van der Waals surface area contributed by atoms with Crippen LogP contribution in [0.1, 0.15) is 50.1 Å². The SMILES string of the molecule is CNC(CCC1CCCC1)c1cncc2ccccc12. The summed E-state index contributed by atoms with van der Waals surface area (Å²) in [5.41, 5.74) is 1.35. The zero-order valence-electron chi connectivity index (χ0n) is 12.3. The Morgan fingerprint density at radius 3 is 2.80 bits per heavy atom. The van der Waals surface area contributed by atoms with Crippen molar-refractivity contribution in [2.45, 2.75) is 44.6 Å². The highest BCUT2D eigenvalue weighted by Crippen LogP contribution is 2.32. The van der Waals surface area contributed by atoms with Gasteiger partial charge in [-0.25, -0.2) is 0 Å². The quantitative estimate of drug-likeness (QED) is 0.865. The number of hydrogen-bond donors (Lipinski definition) is 1. The van der Waals surface area contributed by atoms with E-state index in [0.29, 0.717) is 6.04 Å². The van der Waals surface area contributed by atoms with E-state index in [1.165, 1.54) is 54.9 Å². The maximum Gasteiger partial charge on any atom is 0.0346 e. The fourth-order valence-corrected chi connectivity index (χ4v) is 3.57. The Labute approximate surface area is 121 Å². The van der Waals surface area contributed by atoms with E-state index >= 15 is 0 Å². The topological polar surface area (TPSA) is 24.9 Å². The molecule has 1 unspecified atom stereocenters. The van der Waals surface area contributed by atoms with E-state index < -0.39 is 0 Å². The van der Waals surface area contributed by atoms with Crippen LogP contribution >= 0.6 is 0 Å². The number of fused-ring (bicyclic) bond motifs is 1. The number of hydrogen-bond acceptors (Lipinski definition) is 2. The van der Waals surface area contributed by atoms with E-state index in [1.807, 2.05) is 12.4 Å². The summed E-state index contributed by atoms with van der Waals surface area (Å²) in [6, 6.07) is 8.99. The van der Waals surface area contributed by atoms with Crippen LogP contribution in [0.2, 0.25) is 0 Å². The first kappa shape index (κ1) is 13.6. The minimum atomic E-state index is 0.425. The maximum absolute atomic E-state index is 4.42. The van der Waals surface area contributed by atoms with Gasteiger partial charge in [-0.05, 0) is 36.8 Å². The van der Waals surface area contributed by atoms with Crippen LogP contribution in [0.15, 0.2) is 36.7 Å². The number of nitrogens with zero attached hydrogens (tertiary/aromatic N) is 1.